The lowest BCUT2D eigenvalue weighted by molar-refractivity contribution is 0.305. The van der Waals surface area contributed by atoms with Crippen LogP contribution in [-0.4, -0.2) is 16.2 Å². The van der Waals surface area contributed by atoms with Gasteiger partial charge in [0.2, 0.25) is 0 Å². The number of nitrogens with one attached hydrogen (secondary N) is 1. The van der Waals surface area contributed by atoms with Crippen LogP contribution in [0.25, 0.3) is 0 Å². The Morgan fingerprint density at radius 1 is 1.33 bits per heavy atom. The lowest BCUT2D eigenvalue weighted by Crippen LogP contribution is -2.32. The first-order chi connectivity index (χ1) is 7.34. The number of nitrogens with zero attached hydrogens (tertiary/aromatic N) is 2. The Hall–Kier alpha value is -0.960. The molecule has 0 unspecified atom stereocenters. The molecule has 1 aromatic heterocycles. The van der Waals surface area contributed by atoms with Gasteiger partial charge in [-0.2, -0.15) is 10.2 Å². The number of hydrogen-bond donors (Lipinski definition) is 1. The summed E-state index contributed by atoms with van der Waals surface area (Å²) in [6.07, 6.45) is 7.05. The van der Waals surface area contributed by atoms with Crippen molar-refractivity contribution in [1.29, 1.82) is 0 Å². The van der Waals surface area contributed by atoms with Gasteiger partial charge in [0.1, 0.15) is 0 Å². The van der Waals surface area contributed by atoms with Crippen LogP contribution < -0.4 is 5.32 Å². The molecule has 0 atom stereocenters. The topological polar surface area (TPSA) is 37.8 Å². The molecule has 3 nitrogen and oxygen atoms in total. The summed E-state index contributed by atoms with van der Waals surface area (Å²) in [6.45, 7) is 3.20. The third-order valence-corrected chi connectivity index (χ3v) is 3.22. The summed E-state index contributed by atoms with van der Waals surface area (Å²) < 4.78 is 0. The van der Waals surface area contributed by atoms with Crippen molar-refractivity contribution in [1.82, 2.24) is 15.5 Å². The highest BCUT2D eigenvalue weighted by Gasteiger charge is 2.17. The van der Waals surface area contributed by atoms with E-state index in [0.717, 1.165) is 18.2 Å². The van der Waals surface area contributed by atoms with Crippen molar-refractivity contribution >= 4 is 0 Å². The minimum absolute atomic E-state index is 0.684. The lowest BCUT2D eigenvalue weighted by atomic mass is 9.87. The summed E-state index contributed by atoms with van der Waals surface area (Å²) >= 11 is 0. The molecule has 0 bridgehead atoms. The molecule has 0 aromatic carbocycles. The van der Waals surface area contributed by atoms with E-state index in [2.05, 4.69) is 22.4 Å². The first-order valence-corrected chi connectivity index (χ1v) is 5.84. The average Bonchev–Trinajstić information content (AvgIpc) is 2.30. The summed E-state index contributed by atoms with van der Waals surface area (Å²) in [5.74, 6) is 0.916. The van der Waals surface area contributed by atoms with Gasteiger partial charge in [-0.15, -0.1) is 0 Å². The summed E-state index contributed by atoms with van der Waals surface area (Å²) in [7, 11) is 0. The Labute approximate surface area is 91.3 Å². The summed E-state index contributed by atoms with van der Waals surface area (Å²) in [5, 5.41) is 11.5. The van der Waals surface area contributed by atoms with Crippen molar-refractivity contribution in [3.8, 4) is 0 Å². The fraction of sp³-hybridized carbons (Fsp3) is 0.667. The predicted octanol–water partition coefficient (Wildman–Crippen LogP) is 2.14. The smallest absolute Gasteiger partial charge is 0.0769 e. The third-order valence-electron chi connectivity index (χ3n) is 3.22. The molecule has 0 saturated heterocycles. The van der Waals surface area contributed by atoms with E-state index < -0.39 is 0 Å². The SMILES string of the molecule is CC1CCC(NCc2cccnn2)CC1. The zero-order valence-electron chi connectivity index (χ0n) is 9.32. The van der Waals surface area contributed by atoms with Crippen molar-refractivity contribution in [2.45, 2.75) is 45.2 Å². The van der Waals surface area contributed by atoms with E-state index in [4.69, 9.17) is 0 Å². The Kier molecular flexibility index (Phi) is 3.67. The number of hydrogen-bond acceptors (Lipinski definition) is 3. The van der Waals surface area contributed by atoms with Crippen molar-refractivity contribution in [2.24, 2.45) is 5.92 Å². The van der Waals surface area contributed by atoms with E-state index in [1.807, 2.05) is 12.1 Å². The molecule has 1 N–H and O–H groups in total. The molecule has 3 heteroatoms. The monoisotopic (exact) mass is 205 g/mol. The second-order valence-corrected chi connectivity index (χ2v) is 4.55. The maximum atomic E-state index is 4.07. The fourth-order valence-electron chi connectivity index (χ4n) is 2.14. The Balaban J connectivity index is 1.74. The van der Waals surface area contributed by atoms with Crippen LogP contribution in [0.3, 0.4) is 0 Å². The molecule has 82 valence electrons. The van der Waals surface area contributed by atoms with Gasteiger partial charge in [0.05, 0.1) is 5.69 Å². The zero-order chi connectivity index (χ0) is 10.5. The normalized spacial score (nSPS) is 26.5. The minimum atomic E-state index is 0.684. The highest BCUT2D eigenvalue weighted by atomic mass is 15.1. The summed E-state index contributed by atoms with van der Waals surface area (Å²) in [4.78, 5) is 0. The number of aromatic nitrogens is 2. The molecule has 0 amide bonds. The summed E-state index contributed by atoms with van der Waals surface area (Å²) in [6, 6.07) is 4.64. The van der Waals surface area contributed by atoms with Gasteiger partial charge in [0, 0.05) is 18.8 Å². The van der Waals surface area contributed by atoms with Crippen LogP contribution in [0.1, 0.15) is 38.3 Å². The van der Waals surface area contributed by atoms with Crippen LogP contribution in [0.2, 0.25) is 0 Å². The molecule has 1 aliphatic carbocycles. The van der Waals surface area contributed by atoms with Crippen molar-refractivity contribution in [3.63, 3.8) is 0 Å². The molecule has 1 saturated carbocycles. The molecule has 0 spiro atoms. The largest absolute Gasteiger partial charge is 0.308 e. The van der Waals surface area contributed by atoms with E-state index >= 15 is 0 Å². The van der Waals surface area contributed by atoms with Crippen molar-refractivity contribution in [3.05, 3.63) is 24.0 Å². The van der Waals surface area contributed by atoms with Crippen LogP contribution in [0.5, 0.6) is 0 Å². The van der Waals surface area contributed by atoms with Gasteiger partial charge in [0.25, 0.3) is 0 Å². The molecule has 1 aromatic rings. The maximum Gasteiger partial charge on any atom is 0.0769 e. The van der Waals surface area contributed by atoms with E-state index in [-0.39, 0.29) is 0 Å². The van der Waals surface area contributed by atoms with Crippen molar-refractivity contribution in [2.75, 3.05) is 0 Å². The Morgan fingerprint density at radius 3 is 2.80 bits per heavy atom. The van der Waals surface area contributed by atoms with Gasteiger partial charge >= 0.3 is 0 Å². The first kappa shape index (κ1) is 10.6. The summed E-state index contributed by atoms with van der Waals surface area (Å²) in [5.41, 5.74) is 1.04. The predicted molar refractivity (Wildman–Crippen MR) is 60.3 cm³/mol. The van der Waals surface area contributed by atoms with E-state index in [1.54, 1.807) is 6.20 Å². The van der Waals surface area contributed by atoms with Crippen LogP contribution in [0.4, 0.5) is 0 Å². The van der Waals surface area contributed by atoms with Gasteiger partial charge in [-0.25, -0.2) is 0 Å². The molecule has 1 aliphatic rings. The molecule has 1 fully saturated rings. The lowest BCUT2D eigenvalue weighted by Gasteiger charge is -2.26. The van der Waals surface area contributed by atoms with Gasteiger partial charge in [-0.05, 0) is 43.7 Å². The quantitative estimate of drug-likeness (QED) is 0.821. The Bertz CT molecular complexity index is 278. The van der Waals surface area contributed by atoms with E-state index in [0.29, 0.717) is 6.04 Å². The van der Waals surface area contributed by atoms with Gasteiger partial charge in [-0.3, -0.25) is 0 Å². The highest BCUT2D eigenvalue weighted by molar-refractivity contribution is 4.98. The minimum Gasteiger partial charge on any atom is -0.308 e. The van der Waals surface area contributed by atoms with Crippen LogP contribution in [0, 0.1) is 5.92 Å². The molecular formula is C12H19N3. The fourth-order valence-corrected chi connectivity index (χ4v) is 2.14. The van der Waals surface area contributed by atoms with E-state index in [9.17, 15) is 0 Å². The molecular weight excluding hydrogens is 186 g/mol. The van der Waals surface area contributed by atoms with Crippen LogP contribution in [-0.2, 0) is 6.54 Å². The number of rotatable bonds is 3. The van der Waals surface area contributed by atoms with Gasteiger partial charge in [0.15, 0.2) is 0 Å². The molecule has 0 aliphatic heterocycles. The molecule has 1 heterocycles. The Morgan fingerprint density at radius 2 is 2.13 bits per heavy atom. The van der Waals surface area contributed by atoms with Crippen LogP contribution >= 0.6 is 0 Å². The molecule has 2 rings (SSSR count). The molecule has 15 heavy (non-hydrogen) atoms. The van der Waals surface area contributed by atoms with Crippen LogP contribution in [0.15, 0.2) is 18.3 Å². The third kappa shape index (κ3) is 3.27. The highest BCUT2D eigenvalue weighted by Crippen LogP contribution is 2.23. The van der Waals surface area contributed by atoms with Crippen molar-refractivity contribution < 1.29 is 0 Å². The maximum absolute atomic E-state index is 4.07. The van der Waals surface area contributed by atoms with Gasteiger partial charge in [-0.1, -0.05) is 6.92 Å². The second-order valence-electron chi connectivity index (χ2n) is 4.55. The van der Waals surface area contributed by atoms with Gasteiger partial charge < -0.3 is 5.32 Å². The average molecular weight is 205 g/mol. The standard InChI is InChI=1S/C12H19N3/c1-10-4-6-11(7-5-10)13-9-12-3-2-8-14-15-12/h2-3,8,10-11,13H,4-7,9H2,1H3. The second kappa shape index (κ2) is 5.21. The molecule has 0 radical (unpaired) electrons. The zero-order valence-corrected chi connectivity index (χ0v) is 9.32. The van der Waals surface area contributed by atoms with E-state index in [1.165, 1.54) is 25.7 Å². The first-order valence-electron chi connectivity index (χ1n) is 5.84.